The van der Waals surface area contributed by atoms with E-state index in [9.17, 15) is 0 Å². The molecule has 0 aliphatic heterocycles. The molecule has 10 heavy (non-hydrogen) atoms. The van der Waals surface area contributed by atoms with Gasteiger partial charge in [-0.05, 0) is 19.1 Å². The first-order valence-corrected chi connectivity index (χ1v) is 3.91. The monoisotopic (exact) mass is 151 g/mol. The molecule has 1 nitrogen and oxygen atoms in total. The smallest absolute Gasteiger partial charge is 0.0305 e. The molecule has 0 spiro atoms. The van der Waals surface area contributed by atoms with Crippen molar-refractivity contribution in [1.29, 1.82) is 0 Å². The highest BCUT2D eigenvalue weighted by molar-refractivity contribution is 7.98. The summed E-state index contributed by atoms with van der Waals surface area (Å²) in [7, 11) is 0. The number of rotatable bonds is 2. The molecule has 0 unspecified atom stereocenters. The van der Waals surface area contributed by atoms with Crippen LogP contribution in [0.1, 0.15) is 6.92 Å². The fourth-order valence-corrected chi connectivity index (χ4v) is 1.10. The van der Waals surface area contributed by atoms with Crippen LogP contribution in [0.25, 0.3) is 0 Å². The van der Waals surface area contributed by atoms with Crippen molar-refractivity contribution in [2.45, 2.75) is 11.8 Å². The van der Waals surface area contributed by atoms with Crippen LogP contribution in [0.4, 0.5) is 0 Å². The highest BCUT2D eigenvalue weighted by Gasteiger charge is 1.85. The summed E-state index contributed by atoms with van der Waals surface area (Å²) in [6.07, 6.45) is 1.79. The summed E-state index contributed by atoms with van der Waals surface area (Å²) in [5.41, 5.74) is 0. The Labute approximate surface area is 65.3 Å². The van der Waals surface area contributed by atoms with E-state index in [4.69, 9.17) is 0 Å². The van der Waals surface area contributed by atoms with Gasteiger partial charge in [0.15, 0.2) is 0 Å². The van der Waals surface area contributed by atoms with Crippen molar-refractivity contribution >= 4 is 18.2 Å². The summed E-state index contributed by atoms with van der Waals surface area (Å²) in [5, 5.41) is 0. The third-order valence-electron chi connectivity index (χ3n) is 1.01. The Morgan fingerprint density at radius 2 is 2.00 bits per heavy atom. The molecule has 0 heterocycles. The molecule has 0 amide bonds. The maximum Gasteiger partial charge on any atom is 0.0305 e. The molecule has 52 valence electrons. The van der Waals surface area contributed by atoms with E-state index < -0.39 is 0 Å². The van der Waals surface area contributed by atoms with Crippen molar-refractivity contribution in [3.63, 3.8) is 0 Å². The molecule has 0 atom stereocenters. The van der Waals surface area contributed by atoms with Gasteiger partial charge in [-0.1, -0.05) is 18.2 Å². The Morgan fingerprint density at radius 1 is 1.30 bits per heavy atom. The fourth-order valence-electron chi connectivity index (χ4n) is 0.595. The highest BCUT2D eigenvalue weighted by Crippen LogP contribution is 2.16. The van der Waals surface area contributed by atoms with Gasteiger partial charge >= 0.3 is 0 Å². The maximum absolute atomic E-state index is 4.03. The Hall–Kier alpha value is -0.760. The van der Waals surface area contributed by atoms with Crippen LogP contribution in [0.15, 0.2) is 39.6 Å². The van der Waals surface area contributed by atoms with Gasteiger partial charge in [-0.2, -0.15) is 0 Å². The summed E-state index contributed by atoms with van der Waals surface area (Å²) >= 11 is 1.49. The van der Waals surface area contributed by atoms with E-state index in [0.29, 0.717) is 0 Å². The second kappa shape index (κ2) is 4.12. The molecule has 0 saturated carbocycles. The Morgan fingerprint density at radius 3 is 2.60 bits per heavy atom. The summed E-state index contributed by atoms with van der Waals surface area (Å²) in [4.78, 5) is 1.18. The van der Waals surface area contributed by atoms with Crippen molar-refractivity contribution in [1.82, 2.24) is 0 Å². The Balaban J connectivity index is 2.59. The molecule has 0 radical (unpaired) electrons. The lowest BCUT2D eigenvalue weighted by molar-refractivity contribution is 1.46. The summed E-state index contributed by atoms with van der Waals surface area (Å²) in [5.74, 6) is 0. The van der Waals surface area contributed by atoms with E-state index >= 15 is 0 Å². The van der Waals surface area contributed by atoms with Crippen LogP contribution in [0.5, 0.6) is 0 Å². The van der Waals surface area contributed by atoms with Crippen molar-refractivity contribution in [2.75, 3.05) is 0 Å². The molecule has 2 heteroatoms. The van der Waals surface area contributed by atoms with E-state index in [1.807, 2.05) is 37.3 Å². The third-order valence-corrected chi connectivity index (χ3v) is 1.81. The van der Waals surface area contributed by atoms with Crippen LogP contribution < -0.4 is 0 Å². The van der Waals surface area contributed by atoms with Gasteiger partial charge in [-0.3, -0.25) is 0 Å². The van der Waals surface area contributed by atoms with Gasteiger partial charge in [-0.25, -0.2) is 4.40 Å². The van der Waals surface area contributed by atoms with Gasteiger partial charge < -0.3 is 0 Å². The highest BCUT2D eigenvalue weighted by atomic mass is 32.2. The molecule has 1 aromatic rings. The van der Waals surface area contributed by atoms with Gasteiger partial charge in [-0.15, -0.1) is 0 Å². The van der Waals surface area contributed by atoms with Gasteiger partial charge in [0, 0.05) is 23.1 Å². The molecule has 0 aliphatic rings. The first kappa shape index (κ1) is 7.35. The van der Waals surface area contributed by atoms with Gasteiger partial charge in [0.2, 0.25) is 0 Å². The minimum absolute atomic E-state index is 1.18. The van der Waals surface area contributed by atoms with Crippen LogP contribution in [0.3, 0.4) is 0 Å². The number of hydrogen-bond donors (Lipinski definition) is 0. The van der Waals surface area contributed by atoms with Crippen LogP contribution in [0.2, 0.25) is 0 Å². The number of benzene rings is 1. The number of nitrogens with zero attached hydrogens (tertiary/aromatic N) is 1. The lowest BCUT2D eigenvalue weighted by atomic mass is 10.4. The SMILES string of the molecule is C/C=N\Sc1ccccc1. The van der Waals surface area contributed by atoms with Crippen molar-refractivity contribution in [3.05, 3.63) is 30.3 Å². The molecular weight excluding hydrogens is 142 g/mol. The average Bonchev–Trinajstić information content (AvgIpc) is 2.03. The van der Waals surface area contributed by atoms with Crippen LogP contribution in [0, 0.1) is 0 Å². The largest absolute Gasteiger partial charge is 0.224 e. The minimum Gasteiger partial charge on any atom is -0.224 e. The molecular formula is C8H9NS. The predicted octanol–water partition coefficient (Wildman–Crippen LogP) is 2.78. The van der Waals surface area contributed by atoms with E-state index in [1.165, 1.54) is 16.8 Å². The quantitative estimate of drug-likeness (QED) is 0.467. The van der Waals surface area contributed by atoms with Crippen LogP contribution in [-0.4, -0.2) is 6.21 Å². The lowest BCUT2D eigenvalue weighted by Crippen LogP contribution is -1.64. The Bertz CT molecular complexity index is 206. The van der Waals surface area contributed by atoms with Crippen molar-refractivity contribution in [3.8, 4) is 0 Å². The van der Waals surface area contributed by atoms with Gasteiger partial charge in [0.1, 0.15) is 0 Å². The summed E-state index contributed by atoms with van der Waals surface area (Å²) in [6, 6.07) is 10.1. The summed E-state index contributed by atoms with van der Waals surface area (Å²) in [6.45, 7) is 1.91. The summed E-state index contributed by atoms with van der Waals surface area (Å²) < 4.78 is 4.03. The molecule has 0 N–H and O–H groups in total. The second-order valence-electron chi connectivity index (χ2n) is 1.77. The van der Waals surface area contributed by atoms with Crippen LogP contribution in [-0.2, 0) is 0 Å². The Kier molecular flexibility index (Phi) is 3.03. The van der Waals surface area contributed by atoms with Crippen molar-refractivity contribution < 1.29 is 0 Å². The van der Waals surface area contributed by atoms with E-state index in [2.05, 4.69) is 4.40 Å². The molecule has 0 bridgehead atoms. The van der Waals surface area contributed by atoms with E-state index in [0.717, 1.165) is 0 Å². The zero-order chi connectivity index (χ0) is 7.23. The minimum atomic E-state index is 1.18. The molecule has 0 aromatic heterocycles. The molecule has 0 fully saturated rings. The zero-order valence-electron chi connectivity index (χ0n) is 5.82. The third kappa shape index (κ3) is 2.23. The first-order valence-electron chi connectivity index (χ1n) is 3.13. The average molecular weight is 151 g/mol. The standard InChI is InChI=1S/C8H9NS/c1-2-9-10-8-6-4-3-5-7-8/h2-7H,1H3/b9-2-. The normalized spacial score (nSPS) is 10.5. The topological polar surface area (TPSA) is 12.4 Å². The van der Waals surface area contributed by atoms with Gasteiger partial charge in [0.25, 0.3) is 0 Å². The zero-order valence-corrected chi connectivity index (χ0v) is 6.64. The van der Waals surface area contributed by atoms with E-state index in [1.54, 1.807) is 6.21 Å². The lowest BCUT2D eigenvalue weighted by Gasteiger charge is -1.90. The second-order valence-corrected chi connectivity index (χ2v) is 2.63. The molecule has 1 aromatic carbocycles. The van der Waals surface area contributed by atoms with Crippen molar-refractivity contribution in [2.24, 2.45) is 4.40 Å². The van der Waals surface area contributed by atoms with Crippen LogP contribution >= 0.6 is 11.9 Å². The molecule has 0 saturated heterocycles. The maximum atomic E-state index is 4.03. The fraction of sp³-hybridized carbons (Fsp3) is 0.125. The number of hydrogen-bond acceptors (Lipinski definition) is 2. The van der Waals surface area contributed by atoms with E-state index in [-0.39, 0.29) is 0 Å². The molecule has 1 rings (SSSR count). The van der Waals surface area contributed by atoms with Gasteiger partial charge in [0.05, 0.1) is 0 Å². The molecule has 0 aliphatic carbocycles. The predicted molar refractivity (Wildman–Crippen MR) is 46.5 cm³/mol. The first-order chi connectivity index (χ1) is 4.93.